The van der Waals surface area contributed by atoms with E-state index in [2.05, 4.69) is 185 Å². The van der Waals surface area contributed by atoms with Crippen LogP contribution in [-0.2, 0) is 5.41 Å². The summed E-state index contributed by atoms with van der Waals surface area (Å²) in [6, 6.07) is 63.6. The number of allylic oxidation sites excluding steroid dienone is 4. The van der Waals surface area contributed by atoms with E-state index < -0.39 is 5.41 Å². The van der Waals surface area contributed by atoms with E-state index in [-0.39, 0.29) is 5.83 Å². The van der Waals surface area contributed by atoms with E-state index in [1.165, 1.54) is 49.7 Å². The maximum atomic E-state index is 14.6. The molecule has 1 heterocycles. The van der Waals surface area contributed by atoms with E-state index in [0.717, 1.165) is 28.3 Å². The van der Waals surface area contributed by atoms with Crippen LogP contribution in [0.25, 0.3) is 38.6 Å². The molecule has 0 aliphatic heterocycles. The summed E-state index contributed by atoms with van der Waals surface area (Å²) in [6.07, 6.45) is 4.57. The molecule has 10 rings (SSSR count). The number of anilines is 2. The predicted molar refractivity (Wildman–Crippen MR) is 213 cm³/mol. The van der Waals surface area contributed by atoms with E-state index in [1.807, 2.05) is 6.08 Å². The van der Waals surface area contributed by atoms with Gasteiger partial charge in [-0.3, -0.25) is 0 Å². The van der Waals surface area contributed by atoms with Crippen LogP contribution in [0.15, 0.2) is 200 Å². The molecule has 0 radical (unpaired) electrons. The van der Waals surface area contributed by atoms with Gasteiger partial charge in [0.1, 0.15) is 5.83 Å². The largest absolute Gasteiger partial charge is 0.314 e. The minimum absolute atomic E-state index is 0.0818. The van der Waals surface area contributed by atoms with Gasteiger partial charge in [-0.1, -0.05) is 127 Å². The second kappa shape index (κ2) is 12.1. The minimum Gasteiger partial charge on any atom is -0.314 e. The summed E-state index contributed by atoms with van der Waals surface area (Å²) >= 11 is 0. The highest BCUT2D eigenvalue weighted by atomic mass is 19.1. The summed E-state index contributed by atoms with van der Waals surface area (Å²) in [5, 5.41) is 2.37. The molecule has 0 unspecified atom stereocenters. The normalized spacial score (nSPS) is 14.5. The Balaban J connectivity index is 1.23. The van der Waals surface area contributed by atoms with Crippen molar-refractivity contribution in [2.24, 2.45) is 0 Å². The Morgan fingerprint density at radius 2 is 1.08 bits per heavy atom. The average molecular weight is 671 g/mol. The highest BCUT2D eigenvalue weighted by molar-refractivity contribution is 6.10. The smallest absolute Gasteiger partial charge is 0.100 e. The molecule has 0 saturated carbocycles. The van der Waals surface area contributed by atoms with Crippen molar-refractivity contribution in [3.8, 4) is 16.8 Å². The number of nitrogens with zero attached hydrogens (tertiary/aromatic N) is 2. The lowest BCUT2D eigenvalue weighted by atomic mass is 9.67. The molecule has 248 valence electrons. The van der Waals surface area contributed by atoms with Crippen molar-refractivity contribution in [2.45, 2.75) is 18.3 Å². The Bertz CT molecular complexity index is 2650. The summed E-state index contributed by atoms with van der Waals surface area (Å²) in [7, 11) is 0. The number of benzene rings is 7. The highest BCUT2D eigenvalue weighted by Crippen LogP contribution is 2.57. The number of para-hydroxylation sites is 2. The number of rotatable bonds is 6. The minimum atomic E-state index is -0.518. The van der Waals surface area contributed by atoms with Gasteiger partial charge in [0.2, 0.25) is 0 Å². The SMILES string of the molecule is FC1=CC=C(N(c2ccc3c(c2)C(c2ccccc2)(c2ccccc2)c2ccccc2-3)c2ccc3c(c2)c2ccccc2n3-c2ccccc2)CC1. The fourth-order valence-electron chi connectivity index (χ4n) is 8.79. The zero-order chi connectivity index (χ0) is 34.6. The molecule has 2 aliphatic rings. The standard InChI is InChI=1S/C49H35FN2/c50-36-24-26-38(27-25-36)51(39-29-31-48-44(32-39)43-21-11-13-23-47(43)52(48)37-18-8-3-9-19-37)40-28-30-42-41-20-10-12-22-45(41)49(46(42)33-40,34-14-4-1-5-15-34)35-16-6-2-7-17-35/h1-24,26,28-33H,25,27H2. The lowest BCUT2D eigenvalue weighted by Gasteiger charge is -2.35. The van der Waals surface area contributed by atoms with Crippen LogP contribution in [0.2, 0.25) is 0 Å². The Kier molecular flexibility index (Phi) is 7.07. The quantitative estimate of drug-likeness (QED) is 0.171. The van der Waals surface area contributed by atoms with Crippen LogP contribution in [0.5, 0.6) is 0 Å². The van der Waals surface area contributed by atoms with E-state index in [9.17, 15) is 4.39 Å². The van der Waals surface area contributed by atoms with E-state index in [4.69, 9.17) is 0 Å². The van der Waals surface area contributed by atoms with Crippen molar-refractivity contribution < 1.29 is 4.39 Å². The number of fused-ring (bicyclic) bond motifs is 6. The second-order valence-electron chi connectivity index (χ2n) is 13.8. The average Bonchev–Trinajstić information content (AvgIpc) is 3.70. The molecule has 0 atom stereocenters. The summed E-state index contributed by atoms with van der Waals surface area (Å²) < 4.78 is 16.9. The van der Waals surface area contributed by atoms with E-state index in [0.29, 0.717) is 12.8 Å². The van der Waals surface area contributed by atoms with Crippen LogP contribution >= 0.6 is 0 Å². The van der Waals surface area contributed by atoms with Gasteiger partial charge in [-0.05, 0) is 100 Å². The fraction of sp³-hybridized carbons (Fsp3) is 0.0612. The first-order valence-corrected chi connectivity index (χ1v) is 18.0. The van der Waals surface area contributed by atoms with E-state index in [1.54, 1.807) is 6.08 Å². The molecule has 52 heavy (non-hydrogen) atoms. The predicted octanol–water partition coefficient (Wildman–Crippen LogP) is 12.8. The van der Waals surface area contributed by atoms with Crippen LogP contribution in [0.1, 0.15) is 35.1 Å². The second-order valence-corrected chi connectivity index (χ2v) is 13.8. The molecular formula is C49H35FN2. The topological polar surface area (TPSA) is 8.17 Å². The lowest BCUT2D eigenvalue weighted by molar-refractivity contribution is 0.580. The van der Waals surface area contributed by atoms with E-state index >= 15 is 0 Å². The lowest BCUT2D eigenvalue weighted by Crippen LogP contribution is -2.29. The van der Waals surface area contributed by atoms with Crippen molar-refractivity contribution in [1.82, 2.24) is 4.57 Å². The Labute approximate surface area is 303 Å². The third-order valence-electron chi connectivity index (χ3n) is 11.0. The zero-order valence-corrected chi connectivity index (χ0v) is 28.6. The number of hydrogen-bond acceptors (Lipinski definition) is 1. The maximum absolute atomic E-state index is 14.6. The molecule has 1 aromatic heterocycles. The molecule has 0 saturated heterocycles. The Hall–Kier alpha value is -6.45. The summed E-state index contributed by atoms with van der Waals surface area (Å²) in [5.41, 5.74) is 13.6. The van der Waals surface area contributed by atoms with Gasteiger partial charge < -0.3 is 9.47 Å². The van der Waals surface area contributed by atoms with Crippen molar-refractivity contribution >= 4 is 33.2 Å². The summed E-state index contributed by atoms with van der Waals surface area (Å²) in [4.78, 5) is 2.35. The van der Waals surface area contributed by atoms with Gasteiger partial charge in [-0.2, -0.15) is 0 Å². The molecule has 0 spiro atoms. The third-order valence-corrected chi connectivity index (χ3v) is 11.0. The van der Waals surface area contributed by atoms with Gasteiger partial charge in [-0.15, -0.1) is 0 Å². The monoisotopic (exact) mass is 670 g/mol. The Morgan fingerprint density at radius 3 is 1.81 bits per heavy atom. The number of aromatic nitrogens is 1. The fourth-order valence-corrected chi connectivity index (χ4v) is 8.79. The maximum Gasteiger partial charge on any atom is 0.100 e. The van der Waals surface area contributed by atoms with Crippen molar-refractivity contribution in [3.05, 3.63) is 222 Å². The molecule has 0 fully saturated rings. The molecule has 0 bridgehead atoms. The van der Waals surface area contributed by atoms with Crippen LogP contribution in [-0.4, -0.2) is 4.57 Å². The summed E-state index contributed by atoms with van der Waals surface area (Å²) in [6.45, 7) is 0. The van der Waals surface area contributed by atoms with Crippen LogP contribution < -0.4 is 4.90 Å². The first-order valence-electron chi connectivity index (χ1n) is 18.0. The van der Waals surface area contributed by atoms with Crippen LogP contribution in [0, 0.1) is 0 Å². The van der Waals surface area contributed by atoms with Gasteiger partial charge in [0.15, 0.2) is 0 Å². The van der Waals surface area contributed by atoms with Gasteiger partial charge in [0.25, 0.3) is 0 Å². The first kappa shape index (κ1) is 30.4. The molecular weight excluding hydrogens is 636 g/mol. The van der Waals surface area contributed by atoms with Gasteiger partial charge in [0, 0.05) is 40.0 Å². The van der Waals surface area contributed by atoms with Crippen molar-refractivity contribution in [2.75, 3.05) is 4.90 Å². The number of halogens is 1. The summed E-state index contributed by atoms with van der Waals surface area (Å²) in [5.74, 6) is -0.0818. The molecule has 2 aliphatic carbocycles. The molecule has 3 heteroatoms. The molecule has 8 aromatic rings. The van der Waals surface area contributed by atoms with Crippen molar-refractivity contribution in [3.63, 3.8) is 0 Å². The van der Waals surface area contributed by atoms with Crippen molar-refractivity contribution in [1.29, 1.82) is 0 Å². The van der Waals surface area contributed by atoms with Gasteiger partial charge in [0.05, 0.1) is 16.4 Å². The Morgan fingerprint density at radius 1 is 0.481 bits per heavy atom. The number of hydrogen-bond donors (Lipinski definition) is 0. The molecule has 0 amide bonds. The van der Waals surface area contributed by atoms with Gasteiger partial charge in [-0.25, -0.2) is 4.39 Å². The molecule has 7 aromatic carbocycles. The molecule has 2 nitrogen and oxygen atoms in total. The highest BCUT2D eigenvalue weighted by Gasteiger charge is 2.46. The van der Waals surface area contributed by atoms with Crippen LogP contribution in [0.3, 0.4) is 0 Å². The van der Waals surface area contributed by atoms with Gasteiger partial charge >= 0.3 is 0 Å². The third kappa shape index (κ3) is 4.56. The zero-order valence-electron chi connectivity index (χ0n) is 28.6. The first-order chi connectivity index (χ1) is 25.7. The van der Waals surface area contributed by atoms with Crippen LogP contribution in [0.4, 0.5) is 15.8 Å². The molecule has 0 N–H and O–H groups in total.